The Morgan fingerprint density at radius 3 is 2.62 bits per heavy atom. The summed E-state index contributed by atoms with van der Waals surface area (Å²) in [5.41, 5.74) is 3.65. The number of carbonyl (C=O) groups excluding carboxylic acids is 1. The average molecular weight is 320 g/mol. The summed E-state index contributed by atoms with van der Waals surface area (Å²) in [4.78, 5) is 12.2. The molecule has 3 aromatic rings. The SMILES string of the molecule is COc1ccc(/C=N\NC(=O)c2ccc3ccccc3c2)cc1O. The minimum atomic E-state index is -0.297. The number of fused-ring (bicyclic) bond motifs is 1. The number of hydrazone groups is 1. The van der Waals surface area contributed by atoms with Crippen LogP contribution in [0.15, 0.2) is 65.8 Å². The molecule has 3 rings (SSSR count). The first-order chi connectivity index (χ1) is 11.7. The molecule has 24 heavy (non-hydrogen) atoms. The highest BCUT2D eigenvalue weighted by Crippen LogP contribution is 2.25. The quantitative estimate of drug-likeness (QED) is 0.572. The number of methoxy groups -OCH3 is 1. The van der Waals surface area contributed by atoms with Crippen LogP contribution in [0.1, 0.15) is 15.9 Å². The first kappa shape index (κ1) is 15.6. The third kappa shape index (κ3) is 3.35. The molecule has 0 bridgehead atoms. The lowest BCUT2D eigenvalue weighted by Gasteiger charge is -2.04. The Hall–Kier alpha value is -3.34. The molecule has 0 fully saturated rings. The van der Waals surface area contributed by atoms with Gasteiger partial charge in [0.25, 0.3) is 5.91 Å². The van der Waals surface area contributed by atoms with Gasteiger partial charge in [0.05, 0.1) is 13.3 Å². The van der Waals surface area contributed by atoms with Crippen LogP contribution in [0.5, 0.6) is 11.5 Å². The molecule has 3 aromatic carbocycles. The number of nitrogens with one attached hydrogen (secondary N) is 1. The van der Waals surface area contributed by atoms with E-state index in [1.807, 2.05) is 36.4 Å². The number of rotatable bonds is 4. The molecule has 0 unspecified atom stereocenters. The molecule has 0 aliphatic rings. The second-order valence-electron chi connectivity index (χ2n) is 5.19. The molecule has 120 valence electrons. The molecule has 0 atom stereocenters. The summed E-state index contributed by atoms with van der Waals surface area (Å²) >= 11 is 0. The third-order valence-electron chi connectivity index (χ3n) is 3.59. The van der Waals surface area contributed by atoms with E-state index in [9.17, 15) is 9.90 Å². The lowest BCUT2D eigenvalue weighted by molar-refractivity contribution is 0.0955. The number of amides is 1. The van der Waals surface area contributed by atoms with Crippen molar-refractivity contribution in [2.24, 2.45) is 5.10 Å². The monoisotopic (exact) mass is 320 g/mol. The topological polar surface area (TPSA) is 70.9 Å². The molecule has 0 aromatic heterocycles. The zero-order valence-corrected chi connectivity index (χ0v) is 13.1. The maximum Gasteiger partial charge on any atom is 0.271 e. The van der Waals surface area contributed by atoms with E-state index in [4.69, 9.17) is 4.74 Å². The minimum Gasteiger partial charge on any atom is -0.504 e. The smallest absolute Gasteiger partial charge is 0.271 e. The lowest BCUT2D eigenvalue weighted by atomic mass is 10.1. The predicted molar refractivity (Wildman–Crippen MR) is 93.7 cm³/mol. The van der Waals surface area contributed by atoms with Crippen LogP contribution in [0.3, 0.4) is 0 Å². The van der Waals surface area contributed by atoms with Gasteiger partial charge in [-0.2, -0.15) is 5.10 Å². The van der Waals surface area contributed by atoms with Crippen LogP contribution in [-0.2, 0) is 0 Å². The second kappa shape index (κ2) is 6.83. The molecule has 1 amide bonds. The Morgan fingerprint density at radius 1 is 1.08 bits per heavy atom. The highest BCUT2D eigenvalue weighted by atomic mass is 16.5. The molecule has 0 aliphatic heterocycles. The van der Waals surface area contributed by atoms with Gasteiger partial charge in [-0.05, 0) is 46.7 Å². The van der Waals surface area contributed by atoms with Gasteiger partial charge in [-0.15, -0.1) is 0 Å². The van der Waals surface area contributed by atoms with Crippen molar-refractivity contribution in [3.63, 3.8) is 0 Å². The van der Waals surface area contributed by atoms with Gasteiger partial charge in [0, 0.05) is 5.56 Å². The number of benzene rings is 3. The summed E-state index contributed by atoms with van der Waals surface area (Å²) in [6.45, 7) is 0. The summed E-state index contributed by atoms with van der Waals surface area (Å²) in [5, 5.41) is 15.7. The maximum atomic E-state index is 12.2. The summed E-state index contributed by atoms with van der Waals surface area (Å²) in [5.74, 6) is 0.101. The Bertz CT molecular complexity index is 919. The predicted octanol–water partition coefficient (Wildman–Crippen LogP) is 3.32. The molecule has 0 aliphatic carbocycles. The highest BCUT2D eigenvalue weighted by Gasteiger charge is 2.05. The van der Waals surface area contributed by atoms with Gasteiger partial charge in [-0.1, -0.05) is 30.3 Å². The fourth-order valence-corrected chi connectivity index (χ4v) is 2.35. The summed E-state index contributed by atoms with van der Waals surface area (Å²) < 4.78 is 4.97. The van der Waals surface area contributed by atoms with E-state index in [1.54, 1.807) is 18.2 Å². The van der Waals surface area contributed by atoms with E-state index in [0.29, 0.717) is 16.9 Å². The normalized spacial score (nSPS) is 10.9. The lowest BCUT2D eigenvalue weighted by Crippen LogP contribution is -2.17. The average Bonchev–Trinajstić information content (AvgIpc) is 2.61. The molecule has 0 radical (unpaired) electrons. The van der Waals surface area contributed by atoms with Crippen molar-refractivity contribution < 1.29 is 14.6 Å². The molecule has 0 saturated heterocycles. The van der Waals surface area contributed by atoms with Gasteiger partial charge in [-0.25, -0.2) is 5.43 Å². The van der Waals surface area contributed by atoms with Gasteiger partial charge >= 0.3 is 0 Å². The van der Waals surface area contributed by atoms with Crippen LogP contribution in [0, 0.1) is 0 Å². The number of hydrogen-bond acceptors (Lipinski definition) is 4. The van der Waals surface area contributed by atoms with E-state index in [0.717, 1.165) is 10.8 Å². The van der Waals surface area contributed by atoms with Crippen molar-refractivity contribution in [3.05, 3.63) is 71.8 Å². The van der Waals surface area contributed by atoms with E-state index < -0.39 is 0 Å². The second-order valence-corrected chi connectivity index (χ2v) is 5.19. The maximum absolute atomic E-state index is 12.2. The van der Waals surface area contributed by atoms with Crippen molar-refractivity contribution in [2.45, 2.75) is 0 Å². The molecular weight excluding hydrogens is 304 g/mol. The van der Waals surface area contributed by atoms with Crippen LogP contribution in [0.2, 0.25) is 0 Å². The number of carbonyl (C=O) groups is 1. The van der Waals surface area contributed by atoms with Gasteiger partial charge in [-0.3, -0.25) is 4.79 Å². The van der Waals surface area contributed by atoms with E-state index in [1.165, 1.54) is 19.4 Å². The minimum absolute atomic E-state index is 0.0160. The van der Waals surface area contributed by atoms with E-state index in [-0.39, 0.29) is 11.7 Å². The number of nitrogens with zero attached hydrogens (tertiary/aromatic N) is 1. The zero-order chi connectivity index (χ0) is 16.9. The van der Waals surface area contributed by atoms with E-state index in [2.05, 4.69) is 10.5 Å². The Morgan fingerprint density at radius 2 is 1.88 bits per heavy atom. The number of phenolic OH excluding ortho intramolecular Hbond substituents is 1. The Labute approximate surface area is 139 Å². The fourth-order valence-electron chi connectivity index (χ4n) is 2.35. The van der Waals surface area contributed by atoms with Crippen molar-refractivity contribution >= 4 is 22.9 Å². The van der Waals surface area contributed by atoms with Crippen LogP contribution < -0.4 is 10.2 Å². The van der Waals surface area contributed by atoms with Crippen molar-refractivity contribution in [3.8, 4) is 11.5 Å². The van der Waals surface area contributed by atoms with Gasteiger partial charge in [0.1, 0.15) is 0 Å². The van der Waals surface area contributed by atoms with Crippen molar-refractivity contribution in [2.75, 3.05) is 7.11 Å². The molecular formula is C19H16N2O3. The fraction of sp³-hybridized carbons (Fsp3) is 0.0526. The molecule has 5 heteroatoms. The van der Waals surface area contributed by atoms with Crippen LogP contribution in [-0.4, -0.2) is 24.3 Å². The van der Waals surface area contributed by atoms with Crippen molar-refractivity contribution in [1.29, 1.82) is 0 Å². The number of phenols is 1. The summed E-state index contributed by atoms with van der Waals surface area (Å²) in [7, 11) is 1.48. The molecule has 0 saturated carbocycles. The van der Waals surface area contributed by atoms with Crippen LogP contribution in [0.25, 0.3) is 10.8 Å². The number of hydrogen-bond donors (Lipinski definition) is 2. The number of ether oxygens (including phenoxy) is 1. The Kier molecular flexibility index (Phi) is 4.43. The first-order valence-electron chi connectivity index (χ1n) is 7.36. The molecule has 5 nitrogen and oxygen atoms in total. The van der Waals surface area contributed by atoms with Gasteiger partial charge in [0.15, 0.2) is 11.5 Å². The molecule has 0 heterocycles. The standard InChI is InChI=1S/C19H16N2O3/c1-24-18-9-6-13(10-17(18)22)12-20-21-19(23)16-8-7-14-4-2-3-5-15(14)11-16/h2-12,22H,1H3,(H,21,23)/b20-12-. The van der Waals surface area contributed by atoms with Crippen LogP contribution >= 0.6 is 0 Å². The first-order valence-corrected chi connectivity index (χ1v) is 7.36. The third-order valence-corrected chi connectivity index (χ3v) is 3.59. The molecule has 2 N–H and O–H groups in total. The summed E-state index contributed by atoms with van der Waals surface area (Å²) in [6, 6.07) is 18.2. The summed E-state index contributed by atoms with van der Waals surface area (Å²) in [6.07, 6.45) is 1.46. The van der Waals surface area contributed by atoms with Gasteiger partial charge in [0.2, 0.25) is 0 Å². The molecule has 0 spiro atoms. The van der Waals surface area contributed by atoms with Crippen LogP contribution in [0.4, 0.5) is 0 Å². The Balaban J connectivity index is 1.71. The highest BCUT2D eigenvalue weighted by molar-refractivity contribution is 5.99. The largest absolute Gasteiger partial charge is 0.504 e. The zero-order valence-electron chi connectivity index (χ0n) is 13.1. The number of aromatic hydroxyl groups is 1. The van der Waals surface area contributed by atoms with Crippen molar-refractivity contribution in [1.82, 2.24) is 5.43 Å². The van der Waals surface area contributed by atoms with Gasteiger partial charge < -0.3 is 9.84 Å². The van der Waals surface area contributed by atoms with E-state index >= 15 is 0 Å².